The number of oxazole rings is 1. The normalized spacial score (nSPS) is 11.9. The molecule has 0 atom stereocenters. The molecule has 0 radical (unpaired) electrons. The molecule has 0 fully saturated rings. The molecule has 3 N–H and O–H groups in total. The summed E-state index contributed by atoms with van der Waals surface area (Å²) >= 11 is 1.46. The van der Waals surface area contributed by atoms with Crippen LogP contribution in [0.5, 0.6) is 0 Å². The van der Waals surface area contributed by atoms with Gasteiger partial charge in [0.1, 0.15) is 0 Å². The molecule has 0 aliphatic rings. The van der Waals surface area contributed by atoms with Crippen molar-refractivity contribution in [2.24, 2.45) is 0 Å². The monoisotopic (exact) mass is 354 g/mol. The second-order valence-electron chi connectivity index (χ2n) is 4.71. The zero-order valence-electron chi connectivity index (χ0n) is 12.1. The quantitative estimate of drug-likeness (QED) is 0.611. The Morgan fingerprint density at radius 3 is 2.96 bits per heavy atom. The van der Waals surface area contributed by atoms with E-state index in [4.69, 9.17) is 4.42 Å². The van der Waals surface area contributed by atoms with Gasteiger partial charge in [0.2, 0.25) is 10.0 Å². The second-order valence-corrected chi connectivity index (χ2v) is 7.34. The van der Waals surface area contributed by atoms with E-state index in [1.807, 2.05) is 5.38 Å². The number of hydrogen-bond acceptors (Lipinski definition) is 7. The zero-order chi connectivity index (χ0) is 16.4. The molecule has 10 heteroatoms. The summed E-state index contributed by atoms with van der Waals surface area (Å²) in [6, 6.07) is 4.23. The Morgan fingerprint density at radius 2 is 2.22 bits per heavy atom. The topological polar surface area (TPSA) is 117 Å². The minimum Gasteiger partial charge on any atom is -0.408 e. The molecule has 3 aromatic rings. The van der Waals surface area contributed by atoms with Crippen LogP contribution < -0.4 is 15.8 Å². The number of anilines is 1. The molecule has 1 aromatic carbocycles. The number of nitrogens with zero attached hydrogens (tertiary/aromatic N) is 1. The van der Waals surface area contributed by atoms with Crippen molar-refractivity contribution in [3.8, 4) is 0 Å². The average Bonchev–Trinajstić information content (AvgIpc) is 3.11. The summed E-state index contributed by atoms with van der Waals surface area (Å²) in [7, 11) is -1.90. The fraction of sp³-hybridized carbons (Fsp3) is 0.231. The lowest BCUT2D eigenvalue weighted by molar-refractivity contribution is 0.553. The third-order valence-electron chi connectivity index (χ3n) is 3.14. The second kappa shape index (κ2) is 6.14. The Hall–Kier alpha value is -2.17. The molecular formula is C13H14N4O4S2. The molecule has 0 spiro atoms. The molecule has 2 heterocycles. The summed E-state index contributed by atoms with van der Waals surface area (Å²) in [5.74, 6) is -0.619. The Kier molecular flexibility index (Phi) is 4.20. The largest absolute Gasteiger partial charge is 0.417 e. The van der Waals surface area contributed by atoms with Gasteiger partial charge in [0.15, 0.2) is 10.7 Å². The number of sulfonamides is 1. The first-order valence-corrected chi connectivity index (χ1v) is 9.09. The van der Waals surface area contributed by atoms with E-state index in [0.717, 1.165) is 10.8 Å². The molecule has 0 bridgehead atoms. The molecule has 122 valence electrons. The summed E-state index contributed by atoms with van der Waals surface area (Å²) in [4.78, 5) is 17.9. The Morgan fingerprint density at radius 1 is 1.39 bits per heavy atom. The van der Waals surface area contributed by atoms with Gasteiger partial charge in [-0.05, 0) is 12.1 Å². The molecule has 3 rings (SSSR count). The summed E-state index contributed by atoms with van der Waals surface area (Å²) in [6.07, 6.45) is 0.485. The van der Waals surface area contributed by atoms with Gasteiger partial charge in [-0.1, -0.05) is 0 Å². The van der Waals surface area contributed by atoms with Gasteiger partial charge < -0.3 is 9.73 Å². The van der Waals surface area contributed by atoms with Gasteiger partial charge >= 0.3 is 5.76 Å². The fourth-order valence-corrected chi connectivity index (χ4v) is 3.78. The number of fused-ring (bicyclic) bond motifs is 1. The van der Waals surface area contributed by atoms with Gasteiger partial charge in [-0.3, -0.25) is 4.98 Å². The van der Waals surface area contributed by atoms with Crippen LogP contribution >= 0.6 is 11.3 Å². The Balaban J connectivity index is 1.70. The first kappa shape index (κ1) is 15.7. The minimum absolute atomic E-state index is 0.0435. The molecule has 2 aromatic heterocycles. The summed E-state index contributed by atoms with van der Waals surface area (Å²) in [6.45, 7) is 0.227. The first-order chi connectivity index (χ1) is 11.0. The lowest BCUT2D eigenvalue weighted by Gasteiger charge is -2.05. The number of hydrogen-bond donors (Lipinski definition) is 3. The fourth-order valence-electron chi connectivity index (χ4n) is 2.03. The SMILES string of the molecule is CNc1nc(CCNS(=O)(=O)c2ccc3[nH]c(=O)oc3c2)cs1. The van der Waals surface area contributed by atoms with Crippen LogP contribution in [0.1, 0.15) is 5.69 Å². The smallest absolute Gasteiger partial charge is 0.408 e. The van der Waals surface area contributed by atoms with Crippen LogP contribution in [-0.4, -0.2) is 32.0 Å². The van der Waals surface area contributed by atoms with Crippen molar-refractivity contribution in [2.75, 3.05) is 18.9 Å². The molecule has 0 aliphatic carbocycles. The molecular weight excluding hydrogens is 340 g/mol. The van der Waals surface area contributed by atoms with E-state index in [2.05, 4.69) is 20.0 Å². The van der Waals surface area contributed by atoms with E-state index in [0.29, 0.717) is 11.9 Å². The van der Waals surface area contributed by atoms with E-state index in [9.17, 15) is 13.2 Å². The number of H-pyrrole nitrogens is 1. The zero-order valence-corrected chi connectivity index (χ0v) is 13.8. The number of thiazole rings is 1. The number of nitrogens with one attached hydrogen (secondary N) is 3. The molecule has 0 saturated carbocycles. The van der Waals surface area contributed by atoms with Gasteiger partial charge in [0, 0.05) is 31.5 Å². The molecule has 23 heavy (non-hydrogen) atoms. The van der Waals surface area contributed by atoms with Gasteiger partial charge in [-0.15, -0.1) is 11.3 Å². The predicted octanol–water partition coefficient (Wildman–Crippen LogP) is 1.14. The third kappa shape index (κ3) is 3.44. The lowest BCUT2D eigenvalue weighted by atomic mass is 10.3. The number of aromatic nitrogens is 2. The van der Waals surface area contributed by atoms with Gasteiger partial charge in [0.05, 0.1) is 16.1 Å². The highest BCUT2D eigenvalue weighted by Crippen LogP contribution is 2.17. The Labute approximate surface area is 135 Å². The van der Waals surface area contributed by atoms with E-state index in [1.165, 1.54) is 29.5 Å². The van der Waals surface area contributed by atoms with E-state index in [1.54, 1.807) is 7.05 Å². The van der Waals surface area contributed by atoms with Crippen LogP contribution in [0.3, 0.4) is 0 Å². The van der Waals surface area contributed by atoms with E-state index < -0.39 is 15.8 Å². The maximum atomic E-state index is 12.3. The highest BCUT2D eigenvalue weighted by atomic mass is 32.2. The molecule has 8 nitrogen and oxygen atoms in total. The summed E-state index contributed by atoms with van der Waals surface area (Å²) < 4.78 is 31.9. The maximum Gasteiger partial charge on any atom is 0.417 e. The molecule has 0 aliphatic heterocycles. The highest BCUT2D eigenvalue weighted by Gasteiger charge is 2.15. The van der Waals surface area contributed by atoms with Crippen LogP contribution in [-0.2, 0) is 16.4 Å². The van der Waals surface area contributed by atoms with Crippen LogP contribution in [0.15, 0.2) is 37.7 Å². The standard InChI is InChI=1S/C13H14N4O4S2/c1-14-12-16-8(7-22-12)4-5-15-23(19,20)9-2-3-10-11(6-9)21-13(18)17-10/h2-3,6-7,15H,4-5H2,1H3,(H,14,16)(H,17,18). The van der Waals surface area contributed by atoms with Gasteiger partial charge in [-0.25, -0.2) is 22.9 Å². The van der Waals surface area contributed by atoms with Crippen LogP contribution in [0.2, 0.25) is 0 Å². The summed E-state index contributed by atoms with van der Waals surface area (Å²) in [5.41, 5.74) is 1.47. The third-order valence-corrected chi connectivity index (χ3v) is 5.51. The Bertz CT molecular complexity index is 987. The summed E-state index contributed by atoms with van der Waals surface area (Å²) in [5, 5.41) is 5.59. The van der Waals surface area contributed by atoms with Crippen molar-refractivity contribution < 1.29 is 12.8 Å². The number of rotatable bonds is 6. The van der Waals surface area contributed by atoms with Gasteiger partial charge in [0.25, 0.3) is 0 Å². The van der Waals surface area contributed by atoms with Crippen LogP contribution in [0.25, 0.3) is 11.1 Å². The van der Waals surface area contributed by atoms with Crippen LogP contribution in [0, 0.1) is 0 Å². The van der Waals surface area contributed by atoms with Gasteiger partial charge in [-0.2, -0.15) is 0 Å². The van der Waals surface area contributed by atoms with E-state index in [-0.39, 0.29) is 17.0 Å². The maximum absolute atomic E-state index is 12.3. The average molecular weight is 354 g/mol. The van der Waals surface area contributed by atoms with Crippen molar-refractivity contribution in [3.05, 3.63) is 39.8 Å². The first-order valence-electron chi connectivity index (χ1n) is 6.72. The lowest BCUT2D eigenvalue weighted by Crippen LogP contribution is -2.26. The highest BCUT2D eigenvalue weighted by molar-refractivity contribution is 7.89. The predicted molar refractivity (Wildman–Crippen MR) is 87.4 cm³/mol. The van der Waals surface area contributed by atoms with Crippen molar-refractivity contribution in [2.45, 2.75) is 11.3 Å². The van der Waals surface area contributed by atoms with E-state index >= 15 is 0 Å². The number of aromatic amines is 1. The molecule has 0 saturated heterocycles. The molecule has 0 unspecified atom stereocenters. The van der Waals surface area contributed by atoms with Crippen molar-refractivity contribution >= 4 is 37.6 Å². The van der Waals surface area contributed by atoms with Crippen molar-refractivity contribution in [3.63, 3.8) is 0 Å². The van der Waals surface area contributed by atoms with Crippen molar-refractivity contribution in [1.29, 1.82) is 0 Å². The molecule has 0 amide bonds. The number of benzene rings is 1. The minimum atomic E-state index is -3.68. The van der Waals surface area contributed by atoms with Crippen molar-refractivity contribution in [1.82, 2.24) is 14.7 Å². The van der Waals surface area contributed by atoms with Crippen LogP contribution in [0.4, 0.5) is 5.13 Å².